The number of methoxy groups -OCH3 is 1. The first kappa shape index (κ1) is 16.2. The molecule has 2 N–H and O–H groups in total. The van der Waals surface area contributed by atoms with Gasteiger partial charge in [-0.15, -0.1) is 11.6 Å². The van der Waals surface area contributed by atoms with Crippen LogP contribution in [0, 0.1) is 5.92 Å². The number of carbonyl (C=O) groups excluding carboxylic acids is 1. The molecule has 3 unspecified atom stereocenters. The smallest absolute Gasteiger partial charge is 0.312 e. The Labute approximate surface area is 130 Å². The van der Waals surface area contributed by atoms with E-state index in [2.05, 4.69) is 11.8 Å². The second-order valence-corrected chi connectivity index (χ2v) is 5.84. The highest BCUT2D eigenvalue weighted by Gasteiger charge is 2.30. The zero-order chi connectivity index (χ0) is 15.4. The van der Waals surface area contributed by atoms with Crippen LogP contribution in [0.4, 0.5) is 0 Å². The standard InChI is InChI=1S/C15H23ClN2O3/c1-10(8-16)18(9-12-5-6-21-12)14-7-11(15(19)20-2)3-4-13(14)17/h3-4,10-12H,5-9,17H2,1-2H3. The average Bonchev–Trinajstić information content (AvgIpc) is 2.46. The predicted molar refractivity (Wildman–Crippen MR) is 81.7 cm³/mol. The molecule has 0 aromatic heterocycles. The third kappa shape index (κ3) is 3.71. The second-order valence-electron chi connectivity index (χ2n) is 5.53. The van der Waals surface area contributed by atoms with Crippen molar-refractivity contribution in [2.75, 3.05) is 26.1 Å². The van der Waals surface area contributed by atoms with Gasteiger partial charge in [0, 0.05) is 37.2 Å². The lowest BCUT2D eigenvalue weighted by molar-refractivity contribution is -0.143. The molecule has 1 aliphatic carbocycles. The lowest BCUT2D eigenvalue weighted by Crippen LogP contribution is -2.45. The fourth-order valence-corrected chi connectivity index (χ4v) is 2.76. The summed E-state index contributed by atoms with van der Waals surface area (Å²) >= 11 is 6.03. The van der Waals surface area contributed by atoms with Crippen LogP contribution in [0.3, 0.4) is 0 Å². The van der Waals surface area contributed by atoms with E-state index in [1.807, 2.05) is 0 Å². The van der Waals surface area contributed by atoms with Crippen LogP contribution >= 0.6 is 11.6 Å². The van der Waals surface area contributed by atoms with E-state index in [1.54, 1.807) is 12.2 Å². The molecule has 1 fully saturated rings. The molecule has 5 nitrogen and oxygen atoms in total. The van der Waals surface area contributed by atoms with Crippen molar-refractivity contribution < 1.29 is 14.3 Å². The highest BCUT2D eigenvalue weighted by molar-refractivity contribution is 6.18. The Morgan fingerprint density at radius 1 is 1.67 bits per heavy atom. The molecule has 0 amide bonds. The fraction of sp³-hybridized carbons (Fsp3) is 0.667. The molecule has 118 valence electrons. The number of hydrogen-bond acceptors (Lipinski definition) is 5. The largest absolute Gasteiger partial charge is 0.469 e. The number of esters is 1. The lowest BCUT2D eigenvalue weighted by atomic mass is 9.94. The Morgan fingerprint density at radius 3 is 2.90 bits per heavy atom. The van der Waals surface area contributed by atoms with E-state index in [1.165, 1.54) is 7.11 Å². The van der Waals surface area contributed by atoms with Crippen molar-refractivity contribution >= 4 is 17.6 Å². The molecule has 1 saturated heterocycles. The molecule has 0 saturated carbocycles. The molecule has 6 heteroatoms. The molecule has 2 aliphatic rings. The van der Waals surface area contributed by atoms with Crippen molar-refractivity contribution in [3.8, 4) is 0 Å². The zero-order valence-corrected chi connectivity index (χ0v) is 13.3. The monoisotopic (exact) mass is 314 g/mol. The number of halogens is 1. The van der Waals surface area contributed by atoms with Crippen molar-refractivity contribution in [2.45, 2.75) is 31.9 Å². The number of allylic oxidation sites excluding steroid dienone is 2. The van der Waals surface area contributed by atoms with Crippen molar-refractivity contribution in [3.63, 3.8) is 0 Å². The summed E-state index contributed by atoms with van der Waals surface area (Å²) in [6.07, 6.45) is 5.40. The Bertz CT molecular complexity index is 446. The molecule has 0 aromatic carbocycles. The quantitative estimate of drug-likeness (QED) is 0.596. The molecule has 0 spiro atoms. The number of hydrogen-bond donors (Lipinski definition) is 1. The lowest BCUT2D eigenvalue weighted by Gasteiger charge is -2.40. The van der Waals surface area contributed by atoms with Crippen molar-refractivity contribution in [1.82, 2.24) is 4.90 Å². The van der Waals surface area contributed by atoms with Crippen molar-refractivity contribution in [3.05, 3.63) is 23.5 Å². The molecule has 3 atom stereocenters. The minimum Gasteiger partial charge on any atom is -0.469 e. The summed E-state index contributed by atoms with van der Waals surface area (Å²) in [5.41, 5.74) is 7.77. The fourth-order valence-electron chi connectivity index (χ4n) is 2.59. The highest BCUT2D eigenvalue weighted by Crippen LogP contribution is 2.28. The summed E-state index contributed by atoms with van der Waals surface area (Å²) in [7, 11) is 1.40. The van der Waals surface area contributed by atoms with Crippen LogP contribution in [0.2, 0.25) is 0 Å². The molecule has 1 heterocycles. The average molecular weight is 315 g/mol. The summed E-state index contributed by atoms with van der Waals surface area (Å²) in [4.78, 5) is 13.9. The van der Waals surface area contributed by atoms with Gasteiger partial charge in [0.2, 0.25) is 0 Å². The maximum atomic E-state index is 11.8. The number of alkyl halides is 1. The normalized spacial score (nSPS) is 26.2. The first-order chi connectivity index (χ1) is 10.1. The number of rotatable bonds is 6. The van der Waals surface area contributed by atoms with Gasteiger partial charge >= 0.3 is 5.97 Å². The minimum absolute atomic E-state index is 0.134. The van der Waals surface area contributed by atoms with E-state index in [4.69, 9.17) is 26.8 Å². The van der Waals surface area contributed by atoms with Gasteiger partial charge in [-0.05, 0) is 19.4 Å². The van der Waals surface area contributed by atoms with Gasteiger partial charge in [0.1, 0.15) is 0 Å². The van der Waals surface area contributed by atoms with Crippen LogP contribution < -0.4 is 5.73 Å². The molecular weight excluding hydrogens is 292 g/mol. The van der Waals surface area contributed by atoms with Gasteiger partial charge in [0.15, 0.2) is 0 Å². The van der Waals surface area contributed by atoms with Gasteiger partial charge < -0.3 is 20.1 Å². The maximum Gasteiger partial charge on any atom is 0.312 e. The summed E-state index contributed by atoms with van der Waals surface area (Å²) in [6.45, 7) is 3.62. The van der Waals surface area contributed by atoms with Gasteiger partial charge in [0.25, 0.3) is 0 Å². The Kier molecular flexibility index (Phi) is 5.53. The molecule has 0 radical (unpaired) electrons. The third-order valence-corrected chi connectivity index (χ3v) is 4.50. The van der Waals surface area contributed by atoms with Crippen molar-refractivity contribution in [2.24, 2.45) is 11.7 Å². The van der Waals surface area contributed by atoms with E-state index < -0.39 is 0 Å². The number of nitrogens with zero attached hydrogens (tertiary/aromatic N) is 1. The van der Waals surface area contributed by atoms with Crippen LogP contribution in [-0.2, 0) is 14.3 Å². The van der Waals surface area contributed by atoms with Gasteiger partial charge in [-0.3, -0.25) is 4.79 Å². The Balaban J connectivity index is 2.16. The summed E-state index contributed by atoms with van der Waals surface area (Å²) in [6, 6.07) is 0.134. The first-order valence-corrected chi connectivity index (χ1v) is 7.79. The van der Waals surface area contributed by atoms with Crippen LogP contribution in [0.1, 0.15) is 19.8 Å². The van der Waals surface area contributed by atoms with E-state index in [9.17, 15) is 4.79 Å². The van der Waals surface area contributed by atoms with E-state index in [0.717, 1.165) is 25.3 Å². The molecule has 0 aromatic rings. The first-order valence-electron chi connectivity index (χ1n) is 7.25. The minimum atomic E-state index is -0.287. The molecule has 21 heavy (non-hydrogen) atoms. The molecular formula is C15H23ClN2O3. The topological polar surface area (TPSA) is 64.8 Å². The number of nitrogens with two attached hydrogens (primary N) is 1. The SMILES string of the molecule is COC(=O)C1C=CC(N)=C(N(CC2CCO2)C(C)CCl)C1. The van der Waals surface area contributed by atoms with Crippen LogP contribution in [0.15, 0.2) is 23.5 Å². The Hall–Kier alpha value is -1.20. The summed E-state index contributed by atoms with van der Waals surface area (Å²) < 4.78 is 10.3. The second kappa shape index (κ2) is 7.18. The summed E-state index contributed by atoms with van der Waals surface area (Å²) in [5.74, 6) is -0.0323. The van der Waals surface area contributed by atoms with E-state index >= 15 is 0 Å². The number of carbonyl (C=O) groups is 1. The summed E-state index contributed by atoms with van der Waals surface area (Å²) in [5, 5.41) is 0. The van der Waals surface area contributed by atoms with Gasteiger partial charge in [-0.1, -0.05) is 6.08 Å². The zero-order valence-electron chi connectivity index (χ0n) is 12.5. The van der Waals surface area contributed by atoms with Crippen LogP contribution in [0.25, 0.3) is 0 Å². The van der Waals surface area contributed by atoms with Gasteiger partial charge in [0.05, 0.1) is 24.8 Å². The van der Waals surface area contributed by atoms with Crippen LogP contribution in [0.5, 0.6) is 0 Å². The number of ether oxygens (including phenoxy) is 2. The van der Waals surface area contributed by atoms with Gasteiger partial charge in [-0.2, -0.15) is 0 Å². The highest BCUT2D eigenvalue weighted by atomic mass is 35.5. The molecule has 2 rings (SSSR count). The molecule has 0 bridgehead atoms. The van der Waals surface area contributed by atoms with Crippen molar-refractivity contribution in [1.29, 1.82) is 0 Å². The third-order valence-electron chi connectivity index (χ3n) is 4.05. The maximum absolute atomic E-state index is 11.8. The predicted octanol–water partition coefficient (Wildman–Crippen LogP) is 1.62. The Morgan fingerprint density at radius 2 is 2.38 bits per heavy atom. The molecule has 1 aliphatic heterocycles. The van der Waals surface area contributed by atoms with E-state index in [-0.39, 0.29) is 24.0 Å². The van der Waals surface area contributed by atoms with Gasteiger partial charge in [-0.25, -0.2) is 0 Å². The van der Waals surface area contributed by atoms with E-state index in [0.29, 0.717) is 18.0 Å². The van der Waals surface area contributed by atoms with Crippen LogP contribution in [-0.4, -0.2) is 49.2 Å².